The first-order chi connectivity index (χ1) is 13.5. The second kappa shape index (κ2) is 8.75. The fourth-order valence-corrected chi connectivity index (χ4v) is 3.27. The lowest BCUT2D eigenvalue weighted by Crippen LogP contribution is -2.53. The van der Waals surface area contributed by atoms with Crippen molar-refractivity contribution in [1.82, 2.24) is 24.8 Å². The van der Waals surface area contributed by atoms with Gasteiger partial charge in [0.25, 0.3) is 0 Å². The van der Waals surface area contributed by atoms with Gasteiger partial charge in [0.1, 0.15) is 24.1 Å². The van der Waals surface area contributed by atoms with E-state index in [9.17, 15) is 15.0 Å². The molecule has 0 aliphatic carbocycles. The summed E-state index contributed by atoms with van der Waals surface area (Å²) in [5.41, 5.74) is 17.9. The van der Waals surface area contributed by atoms with Crippen molar-refractivity contribution in [2.45, 2.75) is 49.8 Å². The van der Waals surface area contributed by atoms with Crippen molar-refractivity contribution < 1.29 is 19.7 Å². The number of aliphatic hydroxyl groups excluding tert-OH is 2. The van der Waals surface area contributed by atoms with Gasteiger partial charge >= 0.3 is 0 Å². The summed E-state index contributed by atoms with van der Waals surface area (Å²) in [6, 6.07) is -1.58. The van der Waals surface area contributed by atoms with Crippen LogP contribution in [0.3, 0.4) is 0 Å². The second-order valence-corrected chi connectivity index (χ2v) is 6.75. The van der Waals surface area contributed by atoms with E-state index in [1.54, 1.807) is 0 Å². The van der Waals surface area contributed by atoms with Crippen LogP contribution < -0.4 is 22.5 Å². The molecule has 0 aromatic carbocycles. The number of imidazole rings is 1. The summed E-state index contributed by atoms with van der Waals surface area (Å²) < 4.78 is 7.25. The summed E-state index contributed by atoms with van der Waals surface area (Å²) in [6.07, 6.45) is 1.76. The van der Waals surface area contributed by atoms with E-state index in [2.05, 4.69) is 20.3 Å². The van der Waals surface area contributed by atoms with Gasteiger partial charge in [0, 0.05) is 0 Å². The third kappa shape index (κ3) is 3.91. The molecule has 0 unspecified atom stereocenters. The van der Waals surface area contributed by atoms with Gasteiger partial charge < -0.3 is 37.5 Å². The molecule has 12 heteroatoms. The van der Waals surface area contributed by atoms with Crippen LogP contribution in [0.1, 0.15) is 25.5 Å². The topological polar surface area (TPSA) is 200 Å². The zero-order valence-corrected chi connectivity index (χ0v) is 15.3. The molecule has 1 aliphatic heterocycles. The highest BCUT2D eigenvalue weighted by molar-refractivity contribution is 5.82. The van der Waals surface area contributed by atoms with Crippen molar-refractivity contribution in [3.63, 3.8) is 0 Å². The molecule has 0 saturated carbocycles. The fourth-order valence-electron chi connectivity index (χ4n) is 3.27. The average molecular weight is 394 g/mol. The fraction of sp³-hybridized carbons (Fsp3) is 0.625. The van der Waals surface area contributed by atoms with Crippen molar-refractivity contribution in [2.24, 2.45) is 11.5 Å². The molecule has 3 heterocycles. The van der Waals surface area contributed by atoms with Gasteiger partial charge in [0.15, 0.2) is 17.7 Å². The van der Waals surface area contributed by atoms with Crippen LogP contribution in [0.5, 0.6) is 0 Å². The molecule has 28 heavy (non-hydrogen) atoms. The molecule has 2 aromatic rings. The number of unbranched alkanes of at least 4 members (excludes halogenated alkanes) is 1. The Balaban J connectivity index is 1.75. The first-order valence-electron chi connectivity index (χ1n) is 9.11. The Bertz CT molecular complexity index is 815. The normalized spacial score (nSPS) is 25.9. The Morgan fingerprint density at radius 1 is 1.36 bits per heavy atom. The van der Waals surface area contributed by atoms with Gasteiger partial charge in [-0.3, -0.25) is 9.36 Å². The Labute approximate surface area is 161 Å². The molecule has 0 radical (unpaired) electrons. The smallest absolute Gasteiger partial charge is 0.237 e. The number of nitrogens with two attached hydrogens (primary N) is 3. The minimum Gasteiger partial charge on any atom is -0.394 e. The van der Waals surface area contributed by atoms with E-state index < -0.39 is 43.0 Å². The Hall–Kier alpha value is -2.38. The maximum atomic E-state index is 12.4. The first-order valence-corrected chi connectivity index (χ1v) is 9.11. The van der Waals surface area contributed by atoms with E-state index >= 15 is 0 Å². The molecule has 9 N–H and O–H groups in total. The number of anilines is 1. The molecule has 1 amide bonds. The number of carbonyl (C=O) groups excluding carboxylic acids is 1. The summed E-state index contributed by atoms with van der Waals surface area (Å²) in [6.45, 7) is 0.134. The molecule has 12 nitrogen and oxygen atoms in total. The number of fused-ring (bicyclic) bond motifs is 1. The molecular formula is C16H26N8O4. The average Bonchev–Trinajstić information content (AvgIpc) is 3.24. The van der Waals surface area contributed by atoms with Crippen LogP contribution in [-0.2, 0) is 9.53 Å². The summed E-state index contributed by atoms with van der Waals surface area (Å²) in [5, 5.41) is 23.1. The number of amides is 1. The molecular weight excluding hydrogens is 368 g/mol. The van der Waals surface area contributed by atoms with Gasteiger partial charge in [-0.25, -0.2) is 15.0 Å². The lowest BCUT2D eigenvalue weighted by molar-refractivity contribution is -0.124. The van der Waals surface area contributed by atoms with E-state index in [0.717, 1.165) is 12.8 Å². The van der Waals surface area contributed by atoms with Crippen molar-refractivity contribution in [3.8, 4) is 0 Å². The highest BCUT2D eigenvalue weighted by Crippen LogP contribution is 2.31. The number of aromatic nitrogens is 4. The van der Waals surface area contributed by atoms with Crippen molar-refractivity contribution in [2.75, 3.05) is 18.9 Å². The van der Waals surface area contributed by atoms with Crippen LogP contribution in [-0.4, -0.2) is 73.1 Å². The first kappa shape index (κ1) is 20.4. The predicted octanol–water partition coefficient (Wildman–Crippen LogP) is -2.40. The Morgan fingerprint density at radius 2 is 2.14 bits per heavy atom. The standard InChI is InChI=1S/C16H26N8O4/c17-4-2-1-3-8(18)15(27)23-10-9(5-25)28-16(12(10)26)24-7-22-11-13(19)20-6-21-14(11)24/h6-10,12,16,25-26H,1-5,17-18H2,(H,23,27)(H2,19,20,21)/t8-,9+,10-,12-,16-/m1/s1. The minimum absolute atomic E-state index is 0.197. The van der Waals surface area contributed by atoms with E-state index in [4.69, 9.17) is 21.9 Å². The lowest BCUT2D eigenvalue weighted by atomic mass is 10.0. The van der Waals surface area contributed by atoms with Crippen LogP contribution in [0.25, 0.3) is 11.2 Å². The zero-order valence-electron chi connectivity index (χ0n) is 15.3. The quantitative estimate of drug-likeness (QED) is 0.262. The second-order valence-electron chi connectivity index (χ2n) is 6.75. The molecule has 3 rings (SSSR count). The number of nitrogens with zero attached hydrogens (tertiary/aromatic N) is 4. The van der Waals surface area contributed by atoms with E-state index in [0.29, 0.717) is 24.1 Å². The van der Waals surface area contributed by atoms with E-state index in [1.807, 2.05) is 0 Å². The van der Waals surface area contributed by atoms with E-state index in [1.165, 1.54) is 17.2 Å². The number of hydrogen-bond acceptors (Lipinski definition) is 10. The SMILES string of the molecule is NCCCC[C@@H](N)C(=O)N[C@H]1[C@@H](O)[C@H](n2cnc3c(N)ncnc32)O[C@H]1CO. The number of ether oxygens (including phenoxy) is 1. The van der Waals surface area contributed by atoms with Crippen molar-refractivity contribution in [1.29, 1.82) is 0 Å². The largest absolute Gasteiger partial charge is 0.394 e. The summed E-state index contributed by atoms with van der Waals surface area (Å²) >= 11 is 0. The Morgan fingerprint density at radius 3 is 2.86 bits per heavy atom. The number of nitrogen functional groups attached to an aromatic ring is 1. The summed E-state index contributed by atoms with van der Waals surface area (Å²) in [4.78, 5) is 24.5. The number of rotatable bonds is 8. The van der Waals surface area contributed by atoms with Gasteiger partial charge in [0.2, 0.25) is 5.91 Å². The van der Waals surface area contributed by atoms with Gasteiger partial charge in [-0.1, -0.05) is 6.42 Å². The van der Waals surface area contributed by atoms with Crippen molar-refractivity contribution >= 4 is 22.9 Å². The van der Waals surface area contributed by atoms with Crippen LogP contribution in [0, 0.1) is 0 Å². The molecule has 2 aromatic heterocycles. The molecule has 1 aliphatic rings. The lowest BCUT2D eigenvalue weighted by Gasteiger charge is -2.22. The molecule has 0 spiro atoms. The third-order valence-electron chi connectivity index (χ3n) is 4.83. The zero-order chi connectivity index (χ0) is 20.3. The summed E-state index contributed by atoms with van der Waals surface area (Å²) in [7, 11) is 0. The molecule has 5 atom stereocenters. The van der Waals surface area contributed by atoms with Crippen LogP contribution in [0.15, 0.2) is 12.7 Å². The maximum absolute atomic E-state index is 12.4. The van der Waals surface area contributed by atoms with Gasteiger partial charge in [-0.2, -0.15) is 0 Å². The van der Waals surface area contributed by atoms with Gasteiger partial charge in [-0.15, -0.1) is 0 Å². The number of hydrogen-bond donors (Lipinski definition) is 6. The van der Waals surface area contributed by atoms with Crippen LogP contribution >= 0.6 is 0 Å². The van der Waals surface area contributed by atoms with E-state index in [-0.39, 0.29) is 5.82 Å². The number of aliphatic hydroxyl groups is 2. The number of nitrogens with one attached hydrogen (secondary N) is 1. The molecule has 154 valence electrons. The third-order valence-corrected chi connectivity index (χ3v) is 4.83. The van der Waals surface area contributed by atoms with Crippen LogP contribution in [0.2, 0.25) is 0 Å². The summed E-state index contributed by atoms with van der Waals surface area (Å²) in [5.74, 6) is -0.228. The maximum Gasteiger partial charge on any atom is 0.237 e. The van der Waals surface area contributed by atoms with Crippen molar-refractivity contribution in [3.05, 3.63) is 12.7 Å². The minimum atomic E-state index is -1.16. The van der Waals surface area contributed by atoms with Gasteiger partial charge in [-0.05, 0) is 19.4 Å². The number of carbonyl (C=O) groups is 1. The van der Waals surface area contributed by atoms with Gasteiger partial charge in [0.05, 0.1) is 25.0 Å². The van der Waals surface area contributed by atoms with Crippen LogP contribution in [0.4, 0.5) is 5.82 Å². The molecule has 1 saturated heterocycles. The Kier molecular flexibility index (Phi) is 6.36. The molecule has 0 bridgehead atoms. The predicted molar refractivity (Wildman–Crippen MR) is 99.5 cm³/mol. The highest BCUT2D eigenvalue weighted by Gasteiger charge is 2.46. The monoisotopic (exact) mass is 394 g/mol. The molecule has 1 fully saturated rings. The highest BCUT2D eigenvalue weighted by atomic mass is 16.5.